The summed E-state index contributed by atoms with van der Waals surface area (Å²) in [6, 6.07) is 22.2. The molecule has 3 aromatic rings. The van der Waals surface area contributed by atoms with Crippen LogP contribution < -0.4 is 9.47 Å². The molecule has 0 aliphatic rings. The number of aryl methyl sites for hydroxylation is 2. The predicted molar refractivity (Wildman–Crippen MR) is 93.8 cm³/mol. The third-order valence-electron chi connectivity index (χ3n) is 3.47. The van der Waals surface area contributed by atoms with E-state index in [9.17, 15) is 4.79 Å². The summed E-state index contributed by atoms with van der Waals surface area (Å²) in [5.41, 5.74) is 2.62. The largest absolute Gasteiger partial charge is 0.457 e. The van der Waals surface area contributed by atoms with Crippen molar-refractivity contribution in [2.24, 2.45) is 0 Å². The van der Waals surface area contributed by atoms with E-state index in [1.54, 1.807) is 24.3 Å². The molecule has 3 nitrogen and oxygen atoms in total. The molecule has 0 N–H and O–H groups in total. The lowest BCUT2D eigenvalue weighted by molar-refractivity contribution is 0.0734. The van der Waals surface area contributed by atoms with Gasteiger partial charge in [0.15, 0.2) is 0 Å². The average molecular weight is 318 g/mol. The molecular formula is C21H18O3. The minimum atomic E-state index is -0.362. The molecule has 0 saturated carbocycles. The van der Waals surface area contributed by atoms with Gasteiger partial charge in [-0.25, -0.2) is 4.79 Å². The van der Waals surface area contributed by atoms with Crippen LogP contribution in [0.4, 0.5) is 0 Å². The lowest BCUT2D eigenvalue weighted by Gasteiger charge is -2.08. The molecule has 24 heavy (non-hydrogen) atoms. The quantitative estimate of drug-likeness (QED) is 0.483. The fourth-order valence-electron chi connectivity index (χ4n) is 2.46. The van der Waals surface area contributed by atoms with Gasteiger partial charge in [0, 0.05) is 0 Å². The molecule has 0 aromatic heterocycles. The number of carbonyl (C=O) groups excluding carboxylic acids is 1. The van der Waals surface area contributed by atoms with Crippen LogP contribution in [0.5, 0.6) is 17.2 Å². The lowest BCUT2D eigenvalue weighted by atomic mass is 10.1. The maximum absolute atomic E-state index is 12.2. The molecule has 0 bridgehead atoms. The second-order valence-corrected chi connectivity index (χ2v) is 5.65. The van der Waals surface area contributed by atoms with Crippen LogP contribution in [0, 0.1) is 13.8 Å². The molecule has 0 fully saturated rings. The molecule has 0 amide bonds. The first-order valence-electron chi connectivity index (χ1n) is 7.73. The third-order valence-corrected chi connectivity index (χ3v) is 3.47. The highest BCUT2D eigenvalue weighted by molar-refractivity contribution is 5.91. The second kappa shape index (κ2) is 7.01. The van der Waals surface area contributed by atoms with E-state index >= 15 is 0 Å². The Morgan fingerprint density at radius 3 is 1.88 bits per heavy atom. The summed E-state index contributed by atoms with van der Waals surface area (Å²) in [4.78, 5) is 12.2. The van der Waals surface area contributed by atoms with Gasteiger partial charge in [-0.2, -0.15) is 0 Å². The van der Waals surface area contributed by atoms with Gasteiger partial charge in [-0.1, -0.05) is 35.4 Å². The lowest BCUT2D eigenvalue weighted by Crippen LogP contribution is -2.09. The Labute approximate surface area is 141 Å². The van der Waals surface area contributed by atoms with Crippen molar-refractivity contribution in [2.45, 2.75) is 13.8 Å². The molecule has 3 aromatic carbocycles. The standard InChI is InChI=1S/C21H18O3/c1-15-12-16(2)14-17(13-15)21(22)24-20-10-8-19(9-11-20)23-18-6-4-3-5-7-18/h3-14H,1-2H3. The molecule has 3 rings (SSSR count). The Morgan fingerprint density at radius 1 is 0.708 bits per heavy atom. The van der Waals surface area contributed by atoms with Gasteiger partial charge in [-0.15, -0.1) is 0 Å². The summed E-state index contributed by atoms with van der Waals surface area (Å²) in [7, 11) is 0. The highest BCUT2D eigenvalue weighted by Gasteiger charge is 2.10. The Balaban J connectivity index is 1.68. The Bertz CT molecular complexity index is 816. The van der Waals surface area contributed by atoms with E-state index < -0.39 is 0 Å². The number of carbonyl (C=O) groups is 1. The fraction of sp³-hybridized carbons (Fsp3) is 0.0952. The first-order valence-corrected chi connectivity index (χ1v) is 7.73. The van der Waals surface area contributed by atoms with Crippen molar-refractivity contribution in [1.82, 2.24) is 0 Å². The minimum Gasteiger partial charge on any atom is -0.457 e. The first-order chi connectivity index (χ1) is 11.6. The molecule has 0 aliphatic carbocycles. The number of benzene rings is 3. The highest BCUT2D eigenvalue weighted by atomic mass is 16.5. The zero-order valence-electron chi connectivity index (χ0n) is 13.7. The van der Waals surface area contributed by atoms with E-state index in [-0.39, 0.29) is 5.97 Å². The number of ether oxygens (including phenoxy) is 2. The number of hydrogen-bond donors (Lipinski definition) is 0. The third kappa shape index (κ3) is 4.02. The van der Waals surface area contributed by atoms with Gasteiger partial charge in [-0.05, 0) is 62.4 Å². The van der Waals surface area contributed by atoms with E-state index in [2.05, 4.69) is 0 Å². The maximum atomic E-state index is 12.2. The summed E-state index contributed by atoms with van der Waals surface area (Å²) < 4.78 is 11.1. The normalized spacial score (nSPS) is 10.2. The molecule has 120 valence electrons. The molecule has 0 atom stereocenters. The molecule has 0 heterocycles. The van der Waals surface area contributed by atoms with Crippen LogP contribution in [-0.2, 0) is 0 Å². The van der Waals surface area contributed by atoms with Crippen LogP contribution in [0.15, 0.2) is 72.8 Å². The second-order valence-electron chi connectivity index (χ2n) is 5.65. The van der Waals surface area contributed by atoms with Gasteiger partial charge in [0.25, 0.3) is 0 Å². The molecule has 0 saturated heterocycles. The molecule has 0 aliphatic heterocycles. The molecule has 0 unspecified atom stereocenters. The number of hydrogen-bond acceptors (Lipinski definition) is 3. The average Bonchev–Trinajstić information content (AvgIpc) is 2.57. The van der Waals surface area contributed by atoms with Gasteiger partial charge >= 0.3 is 5.97 Å². The molecular weight excluding hydrogens is 300 g/mol. The predicted octanol–water partition coefficient (Wildman–Crippen LogP) is 5.31. The van der Waals surface area contributed by atoms with Crippen molar-refractivity contribution in [3.63, 3.8) is 0 Å². The van der Waals surface area contributed by atoms with E-state index in [4.69, 9.17) is 9.47 Å². The van der Waals surface area contributed by atoms with E-state index in [1.165, 1.54) is 0 Å². The van der Waals surface area contributed by atoms with Crippen LogP contribution in [0.25, 0.3) is 0 Å². The number of para-hydroxylation sites is 1. The van der Waals surface area contributed by atoms with Gasteiger partial charge in [0.1, 0.15) is 17.2 Å². The van der Waals surface area contributed by atoms with Crippen LogP contribution >= 0.6 is 0 Å². The fourth-order valence-corrected chi connectivity index (χ4v) is 2.46. The van der Waals surface area contributed by atoms with Crippen LogP contribution in [0.1, 0.15) is 21.5 Å². The van der Waals surface area contributed by atoms with Gasteiger partial charge in [0.05, 0.1) is 5.56 Å². The topological polar surface area (TPSA) is 35.5 Å². The summed E-state index contributed by atoms with van der Waals surface area (Å²) >= 11 is 0. The maximum Gasteiger partial charge on any atom is 0.343 e. The Kier molecular flexibility index (Phi) is 4.62. The summed E-state index contributed by atoms with van der Waals surface area (Å²) in [6.07, 6.45) is 0. The zero-order chi connectivity index (χ0) is 16.9. The van der Waals surface area contributed by atoms with Crippen LogP contribution in [0.2, 0.25) is 0 Å². The SMILES string of the molecule is Cc1cc(C)cc(C(=O)Oc2ccc(Oc3ccccc3)cc2)c1. The number of esters is 1. The smallest absolute Gasteiger partial charge is 0.343 e. The Morgan fingerprint density at radius 2 is 1.25 bits per heavy atom. The number of rotatable bonds is 4. The minimum absolute atomic E-state index is 0.362. The first kappa shape index (κ1) is 15.8. The summed E-state index contributed by atoms with van der Waals surface area (Å²) in [6.45, 7) is 3.92. The van der Waals surface area contributed by atoms with Crippen molar-refractivity contribution >= 4 is 5.97 Å². The van der Waals surface area contributed by atoms with Crippen molar-refractivity contribution in [3.8, 4) is 17.2 Å². The van der Waals surface area contributed by atoms with E-state index in [1.807, 2.05) is 62.4 Å². The molecule has 0 spiro atoms. The van der Waals surface area contributed by atoms with E-state index in [0.717, 1.165) is 16.9 Å². The highest BCUT2D eigenvalue weighted by Crippen LogP contribution is 2.24. The van der Waals surface area contributed by atoms with E-state index in [0.29, 0.717) is 17.1 Å². The molecule has 0 radical (unpaired) electrons. The monoisotopic (exact) mass is 318 g/mol. The van der Waals surface area contributed by atoms with Crippen LogP contribution in [0.3, 0.4) is 0 Å². The summed E-state index contributed by atoms with van der Waals surface area (Å²) in [5, 5.41) is 0. The van der Waals surface area contributed by atoms with Gasteiger partial charge in [-0.3, -0.25) is 0 Å². The van der Waals surface area contributed by atoms with Crippen molar-refractivity contribution < 1.29 is 14.3 Å². The van der Waals surface area contributed by atoms with Crippen LogP contribution in [-0.4, -0.2) is 5.97 Å². The van der Waals surface area contributed by atoms with Crippen molar-refractivity contribution in [3.05, 3.63) is 89.5 Å². The van der Waals surface area contributed by atoms with Gasteiger partial charge < -0.3 is 9.47 Å². The van der Waals surface area contributed by atoms with Crippen molar-refractivity contribution in [2.75, 3.05) is 0 Å². The Hall–Kier alpha value is -3.07. The molecule has 3 heteroatoms. The van der Waals surface area contributed by atoms with Gasteiger partial charge in [0.2, 0.25) is 0 Å². The summed E-state index contributed by atoms with van der Waals surface area (Å²) in [5.74, 6) is 1.57. The zero-order valence-corrected chi connectivity index (χ0v) is 13.7. The van der Waals surface area contributed by atoms with Crippen molar-refractivity contribution in [1.29, 1.82) is 0 Å².